The van der Waals surface area contributed by atoms with Gasteiger partial charge in [-0.25, -0.2) is 0 Å². The van der Waals surface area contributed by atoms with E-state index < -0.39 is 0 Å². The first kappa shape index (κ1) is 26.3. The van der Waals surface area contributed by atoms with Crippen LogP contribution in [0.5, 0.6) is 0 Å². The van der Waals surface area contributed by atoms with Crippen molar-refractivity contribution in [3.8, 4) is 0 Å². The third kappa shape index (κ3) is 25.3. The molecule has 0 rings (SSSR count). The standard InChI is InChI=1S/C22H42O5/c1-3-13-23-15-5-7-17-25-19-9-11-21-27-22-12-10-20-26-18-8-6-16-24-14-4-2/h3-4H,1-2,5-22H2. The topological polar surface area (TPSA) is 46.2 Å². The molecule has 160 valence electrons. The summed E-state index contributed by atoms with van der Waals surface area (Å²) in [5.41, 5.74) is 0. The van der Waals surface area contributed by atoms with E-state index in [1.165, 1.54) is 0 Å². The first-order valence-corrected chi connectivity index (χ1v) is 10.5. The van der Waals surface area contributed by atoms with Crippen molar-refractivity contribution in [2.75, 3.05) is 66.1 Å². The van der Waals surface area contributed by atoms with E-state index in [-0.39, 0.29) is 0 Å². The first-order chi connectivity index (χ1) is 13.4. The number of unbranched alkanes of at least 4 members (excludes halogenated alkanes) is 4. The predicted octanol–water partition coefficient (Wildman–Crippen LogP) is 4.56. The summed E-state index contributed by atoms with van der Waals surface area (Å²) in [6, 6.07) is 0. The maximum atomic E-state index is 5.64. The Labute approximate surface area is 167 Å². The summed E-state index contributed by atoms with van der Waals surface area (Å²) in [4.78, 5) is 0. The lowest BCUT2D eigenvalue weighted by atomic mass is 10.3. The molecule has 0 spiro atoms. The van der Waals surface area contributed by atoms with Crippen molar-refractivity contribution < 1.29 is 23.7 Å². The Bertz CT molecular complexity index is 268. The third-order valence-electron chi connectivity index (χ3n) is 3.78. The molecular weight excluding hydrogens is 344 g/mol. The van der Waals surface area contributed by atoms with E-state index in [2.05, 4.69) is 13.2 Å². The Kier molecular flexibility index (Phi) is 24.6. The summed E-state index contributed by atoms with van der Waals surface area (Å²) in [6.07, 6.45) is 12.0. The van der Waals surface area contributed by atoms with Crippen molar-refractivity contribution in [2.24, 2.45) is 0 Å². The molecular formula is C22H42O5. The monoisotopic (exact) mass is 386 g/mol. The van der Waals surface area contributed by atoms with Gasteiger partial charge in [0.2, 0.25) is 0 Å². The SMILES string of the molecule is C=CCOCCCCOCCCCOCCCCOCCCCOCC=C. The molecule has 0 aromatic heterocycles. The Morgan fingerprint density at radius 3 is 0.815 bits per heavy atom. The van der Waals surface area contributed by atoms with E-state index in [1.54, 1.807) is 12.2 Å². The fourth-order valence-electron chi connectivity index (χ4n) is 2.27. The summed E-state index contributed by atoms with van der Waals surface area (Å²) < 4.78 is 27.5. The van der Waals surface area contributed by atoms with Crippen LogP contribution in [0.3, 0.4) is 0 Å². The van der Waals surface area contributed by atoms with Gasteiger partial charge in [-0.1, -0.05) is 12.2 Å². The van der Waals surface area contributed by atoms with Gasteiger partial charge in [0.25, 0.3) is 0 Å². The summed E-state index contributed by atoms with van der Waals surface area (Å²) in [5.74, 6) is 0. The number of rotatable bonds is 24. The molecule has 0 atom stereocenters. The fourth-order valence-corrected chi connectivity index (χ4v) is 2.27. The van der Waals surface area contributed by atoms with Gasteiger partial charge in [0.1, 0.15) is 0 Å². The zero-order chi connectivity index (χ0) is 19.7. The maximum absolute atomic E-state index is 5.64. The van der Waals surface area contributed by atoms with E-state index in [0.717, 1.165) is 104 Å². The molecule has 0 N–H and O–H groups in total. The zero-order valence-corrected chi connectivity index (χ0v) is 17.3. The minimum Gasteiger partial charge on any atom is -0.381 e. The molecule has 0 aliphatic carbocycles. The summed E-state index contributed by atoms with van der Waals surface area (Å²) in [6.45, 7) is 15.0. The smallest absolute Gasteiger partial charge is 0.0644 e. The molecule has 0 bridgehead atoms. The largest absolute Gasteiger partial charge is 0.381 e. The average Bonchev–Trinajstić information content (AvgIpc) is 2.68. The van der Waals surface area contributed by atoms with E-state index >= 15 is 0 Å². The third-order valence-corrected chi connectivity index (χ3v) is 3.78. The van der Waals surface area contributed by atoms with Crippen LogP contribution >= 0.6 is 0 Å². The van der Waals surface area contributed by atoms with Gasteiger partial charge in [-0.15, -0.1) is 13.2 Å². The van der Waals surface area contributed by atoms with Gasteiger partial charge < -0.3 is 23.7 Å². The van der Waals surface area contributed by atoms with Crippen LogP contribution in [0.2, 0.25) is 0 Å². The van der Waals surface area contributed by atoms with E-state index in [4.69, 9.17) is 23.7 Å². The molecule has 0 aliphatic rings. The number of ether oxygens (including phenoxy) is 5. The molecule has 5 heteroatoms. The van der Waals surface area contributed by atoms with E-state index in [9.17, 15) is 0 Å². The minimum absolute atomic E-state index is 0.639. The van der Waals surface area contributed by atoms with Crippen LogP contribution in [0, 0.1) is 0 Å². The predicted molar refractivity (Wildman–Crippen MR) is 111 cm³/mol. The lowest BCUT2D eigenvalue weighted by molar-refractivity contribution is 0.0844. The highest BCUT2D eigenvalue weighted by molar-refractivity contribution is 4.64. The molecule has 0 saturated heterocycles. The Hall–Kier alpha value is -0.720. The van der Waals surface area contributed by atoms with Crippen molar-refractivity contribution in [1.82, 2.24) is 0 Å². The van der Waals surface area contributed by atoms with Gasteiger partial charge in [0, 0.05) is 52.9 Å². The fraction of sp³-hybridized carbons (Fsp3) is 0.818. The van der Waals surface area contributed by atoms with Gasteiger partial charge in [-0.05, 0) is 51.4 Å². The van der Waals surface area contributed by atoms with Crippen LogP contribution in [0.1, 0.15) is 51.4 Å². The molecule has 0 heterocycles. The molecule has 0 aliphatic heterocycles. The summed E-state index contributed by atoms with van der Waals surface area (Å²) in [7, 11) is 0. The Morgan fingerprint density at radius 2 is 0.593 bits per heavy atom. The second kappa shape index (κ2) is 25.3. The molecule has 0 saturated carbocycles. The number of hydrogen-bond acceptors (Lipinski definition) is 5. The van der Waals surface area contributed by atoms with Crippen LogP contribution in [0.4, 0.5) is 0 Å². The van der Waals surface area contributed by atoms with Gasteiger partial charge in [-0.3, -0.25) is 0 Å². The van der Waals surface area contributed by atoms with Crippen molar-refractivity contribution >= 4 is 0 Å². The van der Waals surface area contributed by atoms with Gasteiger partial charge in [-0.2, -0.15) is 0 Å². The van der Waals surface area contributed by atoms with Gasteiger partial charge >= 0.3 is 0 Å². The van der Waals surface area contributed by atoms with Crippen LogP contribution in [-0.4, -0.2) is 66.1 Å². The summed E-state index contributed by atoms with van der Waals surface area (Å²) >= 11 is 0. The van der Waals surface area contributed by atoms with Gasteiger partial charge in [0.15, 0.2) is 0 Å². The second-order valence-electron chi connectivity index (χ2n) is 6.39. The number of hydrogen-bond donors (Lipinski definition) is 0. The lowest BCUT2D eigenvalue weighted by Gasteiger charge is -2.07. The quantitative estimate of drug-likeness (QED) is 0.180. The van der Waals surface area contributed by atoms with Crippen molar-refractivity contribution in [1.29, 1.82) is 0 Å². The van der Waals surface area contributed by atoms with Crippen molar-refractivity contribution in [3.63, 3.8) is 0 Å². The highest BCUT2D eigenvalue weighted by atomic mass is 16.5. The molecule has 0 fully saturated rings. The Balaban J connectivity index is 2.97. The highest BCUT2D eigenvalue weighted by Gasteiger charge is 1.95. The van der Waals surface area contributed by atoms with Crippen LogP contribution in [0.15, 0.2) is 25.3 Å². The van der Waals surface area contributed by atoms with Crippen molar-refractivity contribution in [3.05, 3.63) is 25.3 Å². The van der Waals surface area contributed by atoms with Crippen LogP contribution in [0.25, 0.3) is 0 Å². The molecule has 0 aromatic rings. The van der Waals surface area contributed by atoms with Crippen LogP contribution in [-0.2, 0) is 23.7 Å². The normalized spacial score (nSPS) is 11.0. The van der Waals surface area contributed by atoms with Crippen LogP contribution < -0.4 is 0 Å². The lowest BCUT2D eigenvalue weighted by Crippen LogP contribution is -2.04. The average molecular weight is 387 g/mol. The first-order valence-electron chi connectivity index (χ1n) is 10.5. The van der Waals surface area contributed by atoms with E-state index in [0.29, 0.717) is 13.2 Å². The summed E-state index contributed by atoms with van der Waals surface area (Å²) in [5, 5.41) is 0. The molecule has 27 heavy (non-hydrogen) atoms. The maximum Gasteiger partial charge on any atom is 0.0644 e. The highest BCUT2D eigenvalue weighted by Crippen LogP contribution is 1.98. The Morgan fingerprint density at radius 1 is 0.370 bits per heavy atom. The molecule has 0 amide bonds. The molecule has 0 aromatic carbocycles. The molecule has 0 unspecified atom stereocenters. The van der Waals surface area contributed by atoms with E-state index in [1.807, 2.05) is 0 Å². The van der Waals surface area contributed by atoms with Gasteiger partial charge in [0.05, 0.1) is 13.2 Å². The second-order valence-corrected chi connectivity index (χ2v) is 6.39. The zero-order valence-electron chi connectivity index (χ0n) is 17.3. The van der Waals surface area contributed by atoms with Crippen molar-refractivity contribution in [2.45, 2.75) is 51.4 Å². The molecule has 5 nitrogen and oxygen atoms in total. The minimum atomic E-state index is 0.639. The molecule has 0 radical (unpaired) electrons.